The Bertz CT molecular complexity index is 1100. The monoisotopic (exact) mass is 468 g/mol. The Labute approximate surface area is 187 Å². The van der Waals surface area contributed by atoms with Crippen LogP contribution >= 0.6 is 0 Å². The van der Waals surface area contributed by atoms with Crippen LogP contribution in [0.2, 0.25) is 0 Å². The van der Waals surface area contributed by atoms with Crippen molar-refractivity contribution in [1.82, 2.24) is 0 Å². The fourth-order valence-electron chi connectivity index (χ4n) is 5.08. The van der Waals surface area contributed by atoms with Crippen LogP contribution in [0, 0.1) is 0 Å². The number of aliphatic hydroxyl groups excluding tert-OH is 1. The quantitative estimate of drug-likeness (QED) is 0.333. The van der Waals surface area contributed by atoms with Crippen LogP contribution < -0.4 is 0 Å². The highest BCUT2D eigenvalue weighted by Crippen LogP contribution is 2.39. The number of likely N-dealkylation sites (tertiary alicyclic amines) is 1. The van der Waals surface area contributed by atoms with E-state index in [1.807, 2.05) is 42.5 Å². The van der Waals surface area contributed by atoms with Crippen molar-refractivity contribution in [2.24, 2.45) is 0 Å². The van der Waals surface area contributed by atoms with E-state index in [1.165, 1.54) is 0 Å². The molecule has 0 aliphatic carbocycles. The van der Waals surface area contributed by atoms with Crippen LogP contribution in [-0.4, -0.2) is 28.8 Å². The second-order valence-electron chi connectivity index (χ2n) is 8.79. The van der Waals surface area contributed by atoms with Gasteiger partial charge in [-0.05, 0) is 29.0 Å². The maximum Gasteiger partial charge on any atom is 0.416 e. The molecule has 0 radical (unpaired) electrons. The van der Waals surface area contributed by atoms with Gasteiger partial charge in [0.25, 0.3) is 0 Å². The molecule has 1 saturated heterocycles. The number of alkyl halides is 6. The number of hydrogen-bond acceptors (Lipinski definition) is 1. The first-order valence-corrected chi connectivity index (χ1v) is 10.7. The molecule has 1 N–H and O–H groups in total. The number of nitrogens with zero attached hydrogens (tertiary/aromatic N) is 1. The molecule has 0 amide bonds. The summed E-state index contributed by atoms with van der Waals surface area (Å²) in [5, 5.41) is 12.1. The second kappa shape index (κ2) is 8.65. The number of halogens is 6. The van der Waals surface area contributed by atoms with E-state index in [9.17, 15) is 31.4 Å². The van der Waals surface area contributed by atoms with E-state index in [0.717, 1.165) is 34.9 Å². The Balaban J connectivity index is 1.79. The molecular weight excluding hydrogens is 444 g/mol. The Morgan fingerprint density at radius 2 is 1.45 bits per heavy atom. The van der Waals surface area contributed by atoms with Crippen molar-refractivity contribution < 1.29 is 35.9 Å². The largest absolute Gasteiger partial charge is 0.416 e. The normalized spacial score (nSPS) is 21.6. The summed E-state index contributed by atoms with van der Waals surface area (Å²) in [5.41, 5.74) is -1.69. The highest BCUT2D eigenvalue weighted by Gasteiger charge is 2.43. The predicted octanol–water partition coefficient (Wildman–Crippen LogP) is 6.55. The average Bonchev–Trinajstić information content (AvgIpc) is 3.14. The lowest BCUT2D eigenvalue weighted by Gasteiger charge is -2.40. The molecular formula is C25H24F6NO+. The first-order chi connectivity index (χ1) is 15.5. The SMILES string of the molecule is OC[C@@H]1CCC[N+]1(Cc1cc(C(F)(F)F)cc(C(F)(F)F)c1)Cc1cccc2ccccc12. The fraction of sp³-hybridized carbons (Fsp3) is 0.360. The molecule has 4 rings (SSSR count). The zero-order valence-electron chi connectivity index (χ0n) is 17.8. The molecule has 1 fully saturated rings. The summed E-state index contributed by atoms with van der Waals surface area (Å²) in [6.07, 6.45) is -8.39. The van der Waals surface area contributed by atoms with E-state index in [0.29, 0.717) is 19.5 Å². The zero-order valence-corrected chi connectivity index (χ0v) is 17.8. The highest BCUT2D eigenvalue weighted by atomic mass is 19.4. The summed E-state index contributed by atoms with van der Waals surface area (Å²) in [4.78, 5) is 0. The lowest BCUT2D eigenvalue weighted by Crippen LogP contribution is -2.51. The molecule has 0 spiro atoms. The number of quaternary nitrogens is 1. The summed E-state index contributed by atoms with van der Waals surface area (Å²) in [7, 11) is 0. The standard InChI is InChI=1S/C25H24F6NO/c26-24(27,28)20-11-17(12-21(13-20)25(29,30)31)14-32(10-4-8-22(32)16-33)15-19-7-3-6-18-5-1-2-9-23(18)19/h1-3,5-7,9,11-13,22,33H,4,8,10,14-16H2/q+1/t22-,32?/m0/s1. The third kappa shape index (κ3) is 4.87. The highest BCUT2D eigenvalue weighted by molar-refractivity contribution is 5.85. The molecule has 0 saturated carbocycles. The van der Waals surface area contributed by atoms with E-state index in [2.05, 4.69) is 0 Å². The predicted molar refractivity (Wildman–Crippen MR) is 113 cm³/mol. The summed E-state index contributed by atoms with van der Waals surface area (Å²) < 4.78 is 80.6. The molecule has 1 unspecified atom stereocenters. The van der Waals surface area contributed by atoms with E-state index < -0.39 is 23.5 Å². The number of benzene rings is 3. The van der Waals surface area contributed by atoms with Crippen molar-refractivity contribution >= 4 is 10.8 Å². The summed E-state index contributed by atoms with van der Waals surface area (Å²) in [6.45, 7) is 0.757. The molecule has 0 aromatic heterocycles. The minimum Gasteiger partial charge on any atom is -0.390 e. The third-order valence-corrected chi connectivity index (χ3v) is 6.64. The van der Waals surface area contributed by atoms with Gasteiger partial charge in [-0.25, -0.2) is 0 Å². The van der Waals surface area contributed by atoms with Crippen molar-refractivity contribution in [3.05, 3.63) is 82.9 Å². The van der Waals surface area contributed by atoms with Crippen molar-refractivity contribution in [3.8, 4) is 0 Å². The van der Waals surface area contributed by atoms with Crippen molar-refractivity contribution in [2.45, 2.75) is 44.3 Å². The second-order valence-corrected chi connectivity index (χ2v) is 8.79. The van der Waals surface area contributed by atoms with Gasteiger partial charge in [0.1, 0.15) is 19.1 Å². The smallest absolute Gasteiger partial charge is 0.390 e. The number of hydrogen-bond donors (Lipinski definition) is 1. The third-order valence-electron chi connectivity index (χ3n) is 6.64. The molecule has 8 heteroatoms. The van der Waals surface area contributed by atoms with Crippen LogP contribution in [-0.2, 0) is 25.4 Å². The van der Waals surface area contributed by atoms with Crippen LogP contribution in [0.25, 0.3) is 10.8 Å². The van der Waals surface area contributed by atoms with Crippen molar-refractivity contribution in [1.29, 1.82) is 0 Å². The van der Waals surface area contributed by atoms with Gasteiger partial charge < -0.3 is 9.59 Å². The Morgan fingerprint density at radius 1 is 0.818 bits per heavy atom. The summed E-state index contributed by atoms with van der Waals surface area (Å²) >= 11 is 0. The fourth-order valence-corrected chi connectivity index (χ4v) is 5.08. The maximum absolute atomic E-state index is 13.4. The van der Waals surface area contributed by atoms with Gasteiger partial charge in [-0.2, -0.15) is 26.3 Å². The lowest BCUT2D eigenvalue weighted by atomic mass is 10.00. The van der Waals surface area contributed by atoms with E-state index in [1.54, 1.807) is 0 Å². The molecule has 1 aliphatic rings. The van der Waals surface area contributed by atoms with E-state index in [4.69, 9.17) is 0 Å². The van der Waals surface area contributed by atoms with Crippen LogP contribution in [0.3, 0.4) is 0 Å². The van der Waals surface area contributed by atoms with Crippen LogP contribution in [0.1, 0.15) is 35.1 Å². The van der Waals surface area contributed by atoms with Gasteiger partial charge >= 0.3 is 12.4 Å². The molecule has 3 aromatic rings. The van der Waals surface area contributed by atoms with E-state index in [-0.39, 0.29) is 35.3 Å². The Kier molecular flexibility index (Phi) is 6.18. The molecule has 33 heavy (non-hydrogen) atoms. The maximum atomic E-state index is 13.4. The number of aliphatic hydroxyl groups is 1. The minimum atomic E-state index is -4.89. The summed E-state index contributed by atoms with van der Waals surface area (Å²) in [6, 6.07) is 15.0. The van der Waals surface area contributed by atoms with Crippen molar-refractivity contribution in [2.75, 3.05) is 13.2 Å². The minimum absolute atomic E-state index is 0.0263. The van der Waals surface area contributed by atoms with Gasteiger partial charge in [-0.15, -0.1) is 0 Å². The first kappa shape index (κ1) is 23.6. The number of fused-ring (bicyclic) bond motifs is 1. The molecule has 3 aromatic carbocycles. The Morgan fingerprint density at radius 3 is 2.09 bits per heavy atom. The van der Waals surface area contributed by atoms with Crippen LogP contribution in [0.15, 0.2) is 60.7 Å². The van der Waals surface area contributed by atoms with Gasteiger partial charge in [0, 0.05) is 24.0 Å². The molecule has 1 heterocycles. The van der Waals surface area contributed by atoms with Gasteiger partial charge in [-0.1, -0.05) is 42.5 Å². The molecule has 176 valence electrons. The molecule has 2 nitrogen and oxygen atoms in total. The van der Waals surface area contributed by atoms with Gasteiger partial charge in [0.15, 0.2) is 0 Å². The average molecular weight is 468 g/mol. The topological polar surface area (TPSA) is 20.2 Å². The lowest BCUT2D eigenvalue weighted by molar-refractivity contribution is -0.964. The van der Waals surface area contributed by atoms with Crippen LogP contribution in [0.5, 0.6) is 0 Å². The van der Waals surface area contributed by atoms with Gasteiger partial charge in [0.2, 0.25) is 0 Å². The number of rotatable bonds is 5. The zero-order chi connectivity index (χ0) is 23.9. The van der Waals surface area contributed by atoms with Crippen LogP contribution in [0.4, 0.5) is 26.3 Å². The first-order valence-electron chi connectivity index (χ1n) is 10.7. The van der Waals surface area contributed by atoms with Gasteiger partial charge in [-0.3, -0.25) is 0 Å². The summed E-state index contributed by atoms with van der Waals surface area (Å²) in [5.74, 6) is 0. The van der Waals surface area contributed by atoms with Gasteiger partial charge in [0.05, 0.1) is 24.3 Å². The molecule has 2 atom stereocenters. The Hall–Kier alpha value is -2.58. The van der Waals surface area contributed by atoms with Crippen molar-refractivity contribution in [3.63, 3.8) is 0 Å². The molecule has 0 bridgehead atoms. The molecule has 1 aliphatic heterocycles. The van der Waals surface area contributed by atoms with E-state index >= 15 is 0 Å².